The Balaban J connectivity index is 1.42. The van der Waals surface area contributed by atoms with Gasteiger partial charge < -0.3 is 15.4 Å². The van der Waals surface area contributed by atoms with Crippen LogP contribution in [0, 0.1) is 11.6 Å². The van der Waals surface area contributed by atoms with Crippen LogP contribution in [-0.2, 0) is 26.9 Å². The zero-order chi connectivity index (χ0) is 29.7. The van der Waals surface area contributed by atoms with Crippen molar-refractivity contribution in [1.82, 2.24) is 19.4 Å². The van der Waals surface area contributed by atoms with E-state index in [1.54, 1.807) is 26.0 Å². The lowest BCUT2D eigenvalue weighted by Crippen LogP contribution is -2.40. The van der Waals surface area contributed by atoms with Crippen molar-refractivity contribution in [2.24, 2.45) is 0 Å². The number of hydrogen-bond donors (Lipinski definition) is 3. The molecule has 0 unspecified atom stereocenters. The van der Waals surface area contributed by atoms with Crippen LogP contribution in [0.1, 0.15) is 48.3 Å². The van der Waals surface area contributed by atoms with E-state index in [9.17, 15) is 26.8 Å². The van der Waals surface area contributed by atoms with Crippen LogP contribution >= 0.6 is 0 Å². The van der Waals surface area contributed by atoms with E-state index in [1.165, 1.54) is 13.2 Å². The highest BCUT2D eigenvalue weighted by Crippen LogP contribution is 2.44. The first kappa shape index (κ1) is 28.6. The lowest BCUT2D eigenvalue weighted by Gasteiger charge is -2.30. The number of carbonyl (C=O) groups is 2. The number of ether oxygens (including phenoxy) is 1. The molecule has 5 rings (SSSR count). The molecular weight excluding hydrogens is 558 g/mol. The van der Waals surface area contributed by atoms with Gasteiger partial charge in [0.15, 0.2) is 5.82 Å². The highest BCUT2D eigenvalue weighted by Gasteiger charge is 2.48. The predicted octanol–water partition coefficient (Wildman–Crippen LogP) is 3.42. The maximum absolute atomic E-state index is 13.9. The van der Waals surface area contributed by atoms with E-state index >= 15 is 0 Å². The molecule has 1 saturated heterocycles. The number of methoxy groups -OCH3 is 1. The number of sulfonamides is 1. The van der Waals surface area contributed by atoms with Gasteiger partial charge in [0.25, 0.3) is 5.91 Å². The van der Waals surface area contributed by atoms with Gasteiger partial charge in [-0.3, -0.25) is 19.6 Å². The van der Waals surface area contributed by atoms with Gasteiger partial charge in [0.1, 0.15) is 17.4 Å². The minimum Gasteiger partial charge on any atom is -0.497 e. The van der Waals surface area contributed by atoms with Crippen molar-refractivity contribution in [3.8, 4) is 5.75 Å². The Morgan fingerprint density at radius 2 is 1.83 bits per heavy atom. The second-order valence-electron chi connectivity index (χ2n) is 10.6. The van der Waals surface area contributed by atoms with Gasteiger partial charge in [-0.2, -0.15) is 9.40 Å². The maximum atomic E-state index is 13.9. The molecule has 0 saturated carbocycles. The standard InChI is InChI=1S/C27H30F2N6O5S/c1-27(2)23-20(14-35(27)41(38,39)18-11-15(28)10-16(29)12-18)24(33-32-23)31-25(36)19-8-7-17(40-4)13-21(19)30-26(37)22-6-5-9-34(22)3/h7-8,10-13,22H,5-6,9,14H2,1-4H3,(H,30,37)(H2,31,32,33,36)/t22-/m0/s1. The van der Waals surface area contributed by atoms with Gasteiger partial charge in [-0.15, -0.1) is 0 Å². The summed E-state index contributed by atoms with van der Waals surface area (Å²) in [7, 11) is -1.00. The van der Waals surface area contributed by atoms with Gasteiger partial charge >= 0.3 is 0 Å². The molecule has 0 bridgehead atoms. The molecule has 41 heavy (non-hydrogen) atoms. The van der Waals surface area contributed by atoms with Gasteiger partial charge in [-0.05, 0) is 64.5 Å². The van der Waals surface area contributed by atoms with E-state index < -0.39 is 38.0 Å². The fourth-order valence-corrected chi connectivity index (χ4v) is 7.14. The van der Waals surface area contributed by atoms with E-state index in [2.05, 4.69) is 20.8 Å². The molecule has 2 aliphatic rings. The number of halogens is 2. The third-order valence-corrected chi connectivity index (χ3v) is 9.61. The highest BCUT2D eigenvalue weighted by atomic mass is 32.2. The van der Waals surface area contributed by atoms with Gasteiger partial charge in [0.05, 0.1) is 40.5 Å². The number of carbonyl (C=O) groups excluding carboxylic acids is 2. The van der Waals surface area contributed by atoms with E-state index in [0.29, 0.717) is 29.5 Å². The van der Waals surface area contributed by atoms with Crippen molar-refractivity contribution >= 4 is 33.3 Å². The number of likely N-dealkylation sites (N-methyl/N-ethyl adjacent to an activating group) is 1. The number of H-pyrrole nitrogens is 1. The summed E-state index contributed by atoms with van der Waals surface area (Å²) >= 11 is 0. The molecule has 2 amide bonds. The zero-order valence-corrected chi connectivity index (χ0v) is 23.7. The fraction of sp³-hybridized carbons (Fsp3) is 0.370. The van der Waals surface area contributed by atoms with Crippen LogP contribution < -0.4 is 15.4 Å². The molecule has 2 aliphatic heterocycles. The van der Waals surface area contributed by atoms with Crippen LogP contribution in [0.25, 0.3) is 0 Å². The number of rotatable bonds is 7. The van der Waals surface area contributed by atoms with Crippen LogP contribution in [0.2, 0.25) is 0 Å². The molecule has 3 aromatic rings. The van der Waals surface area contributed by atoms with Gasteiger partial charge in [0.2, 0.25) is 15.9 Å². The smallest absolute Gasteiger partial charge is 0.258 e. The second kappa shape index (κ2) is 10.5. The molecule has 11 nitrogen and oxygen atoms in total. The van der Waals surface area contributed by atoms with Gasteiger partial charge in [-0.25, -0.2) is 17.2 Å². The van der Waals surface area contributed by atoms with E-state index in [4.69, 9.17) is 4.74 Å². The number of anilines is 2. The fourth-order valence-electron chi connectivity index (χ4n) is 5.37. The summed E-state index contributed by atoms with van der Waals surface area (Å²) in [6, 6.07) is 6.41. The molecule has 1 atom stereocenters. The Kier molecular flexibility index (Phi) is 7.34. The molecule has 3 N–H and O–H groups in total. The Morgan fingerprint density at radius 1 is 1.12 bits per heavy atom. The molecule has 0 spiro atoms. The Hall–Kier alpha value is -3.88. The second-order valence-corrected chi connectivity index (χ2v) is 12.5. The first-order chi connectivity index (χ1) is 19.3. The summed E-state index contributed by atoms with van der Waals surface area (Å²) in [5.74, 6) is -2.35. The van der Waals surface area contributed by atoms with Crippen LogP contribution in [0.5, 0.6) is 5.75 Å². The molecule has 2 aromatic carbocycles. The van der Waals surface area contributed by atoms with Gasteiger partial charge in [-0.1, -0.05) is 0 Å². The van der Waals surface area contributed by atoms with Crippen molar-refractivity contribution in [2.45, 2.75) is 49.7 Å². The molecule has 1 fully saturated rings. The molecule has 0 aliphatic carbocycles. The number of nitrogens with one attached hydrogen (secondary N) is 3. The molecular formula is C27H30F2N6O5S. The van der Waals surface area contributed by atoms with Crippen molar-refractivity contribution in [3.05, 3.63) is 64.9 Å². The maximum Gasteiger partial charge on any atom is 0.258 e. The van der Waals surface area contributed by atoms with Crippen LogP contribution in [0.15, 0.2) is 41.3 Å². The Labute approximate surface area is 235 Å². The molecule has 1 aromatic heterocycles. The Morgan fingerprint density at radius 3 is 2.46 bits per heavy atom. The SMILES string of the molecule is COc1ccc(C(=O)Nc2n[nH]c3c2CN(S(=O)(=O)c2cc(F)cc(F)c2)C3(C)C)c(NC(=O)[C@@H]2CCCN2C)c1. The first-order valence-corrected chi connectivity index (χ1v) is 14.3. The topological polar surface area (TPSA) is 137 Å². The summed E-state index contributed by atoms with van der Waals surface area (Å²) in [5.41, 5.74) is 0.0289. The summed E-state index contributed by atoms with van der Waals surface area (Å²) in [4.78, 5) is 27.8. The predicted molar refractivity (Wildman–Crippen MR) is 146 cm³/mol. The minimum absolute atomic E-state index is 0.0878. The van der Waals surface area contributed by atoms with E-state index in [-0.39, 0.29) is 35.6 Å². The molecule has 3 heterocycles. The van der Waals surface area contributed by atoms with Crippen molar-refractivity contribution in [3.63, 3.8) is 0 Å². The third-order valence-electron chi connectivity index (χ3n) is 7.61. The van der Waals surface area contributed by atoms with Gasteiger partial charge in [0, 0.05) is 24.2 Å². The minimum atomic E-state index is -4.34. The quantitative estimate of drug-likeness (QED) is 0.385. The molecule has 14 heteroatoms. The summed E-state index contributed by atoms with van der Waals surface area (Å²) in [6.45, 7) is 3.82. The van der Waals surface area contributed by atoms with Crippen molar-refractivity contribution in [2.75, 3.05) is 31.3 Å². The zero-order valence-electron chi connectivity index (χ0n) is 22.9. The molecule has 218 valence electrons. The first-order valence-electron chi connectivity index (χ1n) is 12.9. The number of fused-ring (bicyclic) bond motifs is 1. The van der Waals surface area contributed by atoms with Crippen LogP contribution in [0.4, 0.5) is 20.3 Å². The Bertz CT molecular complexity index is 1620. The third kappa shape index (κ3) is 5.18. The average Bonchev–Trinajstić information content (AvgIpc) is 3.59. The number of benzene rings is 2. The largest absolute Gasteiger partial charge is 0.497 e. The summed E-state index contributed by atoms with van der Waals surface area (Å²) < 4.78 is 60.9. The van der Waals surface area contributed by atoms with Crippen molar-refractivity contribution in [1.29, 1.82) is 0 Å². The number of aromatic nitrogens is 2. The van der Waals surface area contributed by atoms with E-state index in [0.717, 1.165) is 29.4 Å². The number of amides is 2. The average molecular weight is 589 g/mol. The normalized spacial score (nSPS) is 18.7. The summed E-state index contributed by atoms with van der Waals surface area (Å²) in [5, 5.41) is 12.5. The number of nitrogens with zero attached hydrogens (tertiary/aromatic N) is 3. The number of hydrogen-bond acceptors (Lipinski definition) is 7. The monoisotopic (exact) mass is 588 g/mol. The number of likely N-dealkylation sites (tertiary alicyclic amines) is 1. The lowest BCUT2D eigenvalue weighted by atomic mass is 10.0. The summed E-state index contributed by atoms with van der Waals surface area (Å²) in [6.07, 6.45) is 1.59. The highest BCUT2D eigenvalue weighted by molar-refractivity contribution is 7.89. The molecule has 0 radical (unpaired) electrons. The van der Waals surface area contributed by atoms with Crippen LogP contribution in [-0.4, -0.2) is 66.4 Å². The lowest BCUT2D eigenvalue weighted by molar-refractivity contribution is -0.119. The van der Waals surface area contributed by atoms with Crippen molar-refractivity contribution < 1.29 is 31.5 Å². The van der Waals surface area contributed by atoms with Crippen LogP contribution in [0.3, 0.4) is 0 Å². The van der Waals surface area contributed by atoms with E-state index in [1.807, 2.05) is 11.9 Å². The number of aromatic amines is 1.